The van der Waals surface area contributed by atoms with Crippen molar-refractivity contribution in [3.8, 4) is 0 Å². The summed E-state index contributed by atoms with van der Waals surface area (Å²) < 4.78 is 0. The molecule has 0 aliphatic rings. The van der Waals surface area contributed by atoms with Crippen LogP contribution in [0.2, 0.25) is 0 Å². The number of rotatable bonds is 15. The molecular weight excluding hydrogens is 284 g/mol. The van der Waals surface area contributed by atoms with Crippen molar-refractivity contribution in [1.29, 1.82) is 0 Å². The fourth-order valence-corrected chi connectivity index (χ4v) is 2.14. The van der Waals surface area contributed by atoms with Crippen LogP contribution in [-0.4, -0.2) is 17.5 Å². The molecule has 0 aliphatic carbocycles. The van der Waals surface area contributed by atoms with E-state index in [1.165, 1.54) is 50.7 Å². The second-order valence-electron chi connectivity index (χ2n) is 5.70. The first-order valence-corrected chi connectivity index (χ1v) is 9.09. The van der Waals surface area contributed by atoms with Crippen LogP contribution >= 0.6 is 0 Å². The lowest BCUT2D eigenvalue weighted by atomic mass is 10.1. The molecule has 2 heteroatoms. The summed E-state index contributed by atoms with van der Waals surface area (Å²) in [6.45, 7) is 2.15. The van der Waals surface area contributed by atoms with Crippen LogP contribution in [-0.2, 0) is 4.79 Å². The lowest BCUT2D eigenvalue weighted by Gasteiger charge is -1.95. The summed E-state index contributed by atoms with van der Waals surface area (Å²) in [4.78, 5) is 11.2. The molecule has 1 N–H and O–H groups in total. The molecule has 0 bridgehead atoms. The van der Waals surface area contributed by atoms with E-state index < -0.39 is 0 Å². The second kappa shape index (κ2) is 18.6. The number of ketones is 1. The van der Waals surface area contributed by atoms with Crippen molar-refractivity contribution in [1.82, 2.24) is 0 Å². The van der Waals surface area contributed by atoms with Gasteiger partial charge in [0.05, 0.1) is 6.61 Å². The Morgan fingerprint density at radius 2 is 1.30 bits per heavy atom. The molecule has 0 heterocycles. The Balaban J connectivity index is 3.38. The Morgan fingerprint density at radius 3 is 1.91 bits per heavy atom. The predicted octanol–water partition coefficient (Wildman–Crippen LogP) is 5.69. The third-order valence-corrected chi connectivity index (χ3v) is 3.49. The molecule has 0 rings (SSSR count). The molecular formula is C21H34O2. The molecule has 0 aromatic rings. The lowest BCUT2D eigenvalue weighted by molar-refractivity contribution is -0.110. The molecule has 0 radical (unpaired) electrons. The number of aliphatic hydroxyl groups excluding tert-OH is 1. The summed E-state index contributed by atoms with van der Waals surface area (Å²) in [6, 6.07) is 0. The maximum atomic E-state index is 11.2. The molecule has 23 heavy (non-hydrogen) atoms. The first-order valence-electron chi connectivity index (χ1n) is 9.09. The third kappa shape index (κ3) is 18.5. The minimum atomic E-state index is -0.0816. The average Bonchev–Trinajstić information content (AvgIpc) is 2.56. The Labute approximate surface area is 142 Å². The molecule has 0 spiro atoms. The van der Waals surface area contributed by atoms with E-state index in [4.69, 9.17) is 5.11 Å². The zero-order chi connectivity index (χ0) is 17.0. The molecule has 0 aromatic carbocycles. The molecule has 0 aliphatic heterocycles. The molecule has 0 saturated carbocycles. The predicted molar refractivity (Wildman–Crippen MR) is 100 cm³/mol. The quantitative estimate of drug-likeness (QED) is 0.239. The standard InChI is InChI=1S/C21H34O2/c1-2-3-4-5-6-7-8-9-10-11-12-13-14-15-16-18-21(23)19-17-20-22/h6-7,9-10,16-19,22H,2-5,8,11-15,20H2,1H3/b7-6-,10-9-,18-16+,19-17+. The van der Waals surface area contributed by atoms with Gasteiger partial charge in [0.25, 0.3) is 0 Å². The van der Waals surface area contributed by atoms with Crippen LogP contribution in [0, 0.1) is 0 Å². The molecule has 0 atom stereocenters. The zero-order valence-corrected chi connectivity index (χ0v) is 14.8. The van der Waals surface area contributed by atoms with Crippen LogP contribution in [0.3, 0.4) is 0 Å². The van der Waals surface area contributed by atoms with Gasteiger partial charge in [-0.3, -0.25) is 4.79 Å². The van der Waals surface area contributed by atoms with Crippen LogP contribution in [0.5, 0.6) is 0 Å². The van der Waals surface area contributed by atoms with Gasteiger partial charge in [0.1, 0.15) is 0 Å². The van der Waals surface area contributed by atoms with Crippen molar-refractivity contribution in [3.63, 3.8) is 0 Å². The lowest BCUT2D eigenvalue weighted by Crippen LogP contribution is -1.86. The molecule has 0 aromatic heterocycles. The van der Waals surface area contributed by atoms with Crippen molar-refractivity contribution >= 4 is 5.78 Å². The van der Waals surface area contributed by atoms with Crippen molar-refractivity contribution < 1.29 is 9.90 Å². The van der Waals surface area contributed by atoms with Gasteiger partial charge in [-0.1, -0.05) is 62.6 Å². The number of allylic oxidation sites excluding steroid dienone is 7. The van der Waals surface area contributed by atoms with E-state index in [2.05, 4.69) is 31.2 Å². The highest BCUT2D eigenvalue weighted by Crippen LogP contribution is 2.05. The fourth-order valence-electron chi connectivity index (χ4n) is 2.14. The first-order chi connectivity index (χ1) is 11.3. The Hall–Kier alpha value is -1.41. The Morgan fingerprint density at radius 1 is 0.739 bits per heavy atom. The number of aliphatic hydroxyl groups is 1. The van der Waals surface area contributed by atoms with E-state index in [0.717, 1.165) is 25.7 Å². The van der Waals surface area contributed by atoms with Gasteiger partial charge in [0, 0.05) is 0 Å². The molecule has 130 valence electrons. The van der Waals surface area contributed by atoms with Crippen molar-refractivity contribution in [2.75, 3.05) is 6.61 Å². The topological polar surface area (TPSA) is 37.3 Å². The zero-order valence-electron chi connectivity index (χ0n) is 14.8. The monoisotopic (exact) mass is 318 g/mol. The van der Waals surface area contributed by atoms with E-state index in [9.17, 15) is 4.79 Å². The highest BCUT2D eigenvalue weighted by Gasteiger charge is 1.89. The first kappa shape index (κ1) is 21.6. The van der Waals surface area contributed by atoms with Crippen molar-refractivity contribution in [2.45, 2.75) is 71.1 Å². The van der Waals surface area contributed by atoms with Crippen LogP contribution in [0.15, 0.2) is 48.6 Å². The summed E-state index contributed by atoms with van der Waals surface area (Å²) in [5, 5.41) is 8.55. The van der Waals surface area contributed by atoms with Crippen molar-refractivity contribution in [2.24, 2.45) is 0 Å². The fraction of sp³-hybridized carbons (Fsp3) is 0.571. The van der Waals surface area contributed by atoms with Crippen LogP contribution in [0.25, 0.3) is 0 Å². The van der Waals surface area contributed by atoms with Crippen LogP contribution in [0.1, 0.15) is 71.1 Å². The molecule has 2 nitrogen and oxygen atoms in total. The largest absolute Gasteiger partial charge is 0.392 e. The van der Waals surface area contributed by atoms with Gasteiger partial charge in [-0.25, -0.2) is 0 Å². The van der Waals surface area contributed by atoms with E-state index in [0.29, 0.717) is 0 Å². The number of unbranched alkanes of at least 4 members (excludes halogenated alkanes) is 7. The Bertz CT molecular complexity index is 375. The van der Waals surface area contributed by atoms with Gasteiger partial charge in [-0.05, 0) is 57.1 Å². The summed E-state index contributed by atoms with van der Waals surface area (Å²) >= 11 is 0. The minimum absolute atomic E-state index is 0.0512. The SMILES string of the molecule is CCCCC/C=C\C/C=C\CCCCC/C=C/C(=O)/C=C/CO. The molecule has 0 fully saturated rings. The van der Waals surface area contributed by atoms with Gasteiger partial charge in [0.15, 0.2) is 5.78 Å². The number of carbonyl (C=O) groups excluding carboxylic acids is 1. The minimum Gasteiger partial charge on any atom is -0.392 e. The maximum Gasteiger partial charge on any atom is 0.178 e. The van der Waals surface area contributed by atoms with E-state index in [-0.39, 0.29) is 12.4 Å². The molecule has 0 amide bonds. The number of carbonyl (C=O) groups is 1. The maximum absolute atomic E-state index is 11.2. The van der Waals surface area contributed by atoms with Gasteiger partial charge < -0.3 is 5.11 Å². The average molecular weight is 319 g/mol. The van der Waals surface area contributed by atoms with Crippen molar-refractivity contribution in [3.05, 3.63) is 48.6 Å². The van der Waals surface area contributed by atoms with E-state index >= 15 is 0 Å². The summed E-state index contributed by atoms with van der Waals surface area (Å²) in [7, 11) is 0. The van der Waals surface area contributed by atoms with Gasteiger partial charge >= 0.3 is 0 Å². The molecule has 0 saturated heterocycles. The highest BCUT2D eigenvalue weighted by atomic mass is 16.2. The van der Waals surface area contributed by atoms with E-state index in [1.807, 2.05) is 6.08 Å². The smallest absolute Gasteiger partial charge is 0.178 e. The highest BCUT2D eigenvalue weighted by molar-refractivity contribution is 5.99. The summed E-state index contributed by atoms with van der Waals surface area (Å²) in [5.74, 6) is -0.0512. The molecule has 0 unspecified atom stereocenters. The Kier molecular flexibility index (Phi) is 17.5. The van der Waals surface area contributed by atoms with E-state index in [1.54, 1.807) is 6.08 Å². The van der Waals surface area contributed by atoms with Gasteiger partial charge in [-0.2, -0.15) is 0 Å². The normalized spacial score (nSPS) is 12.4. The number of hydrogen-bond acceptors (Lipinski definition) is 2. The van der Waals surface area contributed by atoms with Gasteiger partial charge in [0.2, 0.25) is 0 Å². The second-order valence-corrected chi connectivity index (χ2v) is 5.70. The summed E-state index contributed by atoms with van der Waals surface area (Å²) in [5.41, 5.74) is 0. The van der Waals surface area contributed by atoms with Crippen LogP contribution < -0.4 is 0 Å². The third-order valence-electron chi connectivity index (χ3n) is 3.49. The summed E-state index contributed by atoms with van der Waals surface area (Å²) in [6.07, 6.45) is 27.3. The number of hydrogen-bond donors (Lipinski definition) is 1. The van der Waals surface area contributed by atoms with Crippen LogP contribution in [0.4, 0.5) is 0 Å². The van der Waals surface area contributed by atoms with Gasteiger partial charge in [-0.15, -0.1) is 0 Å².